The molecular weight excluding hydrogens is 266 g/mol. The van der Waals surface area contributed by atoms with Crippen LogP contribution in [0.3, 0.4) is 0 Å². The number of esters is 1. The second kappa shape index (κ2) is 11.6. The molecule has 0 bridgehead atoms. The smallest absolute Gasteiger partial charge is 0.306 e. The van der Waals surface area contributed by atoms with Crippen molar-refractivity contribution in [3.8, 4) is 6.07 Å². The fourth-order valence-electron chi connectivity index (χ4n) is 0.786. The van der Waals surface area contributed by atoms with Crippen LogP contribution in [0.5, 0.6) is 0 Å². The van der Waals surface area contributed by atoms with Gasteiger partial charge in [-0.15, -0.1) is 0 Å². The van der Waals surface area contributed by atoms with Gasteiger partial charge in [0, 0.05) is 6.08 Å². The summed E-state index contributed by atoms with van der Waals surface area (Å²) in [5.41, 5.74) is 0. The molecule has 0 aliphatic heterocycles. The van der Waals surface area contributed by atoms with E-state index in [2.05, 4.69) is 17.9 Å². The SMILES string of the molecule is C=CC#N.C=CC(=O)C(O)COC(=O)CC(C)C(=O)O. The fraction of sp³-hybridized carbons (Fsp3) is 0.385. The van der Waals surface area contributed by atoms with Crippen molar-refractivity contribution in [3.05, 3.63) is 25.3 Å². The van der Waals surface area contributed by atoms with Crippen LogP contribution in [0.15, 0.2) is 25.3 Å². The second-order valence-electron chi connectivity index (χ2n) is 3.58. The van der Waals surface area contributed by atoms with Gasteiger partial charge in [0.05, 0.1) is 18.4 Å². The number of ketones is 1. The van der Waals surface area contributed by atoms with Crippen molar-refractivity contribution in [2.45, 2.75) is 19.4 Å². The highest BCUT2D eigenvalue weighted by Crippen LogP contribution is 2.03. The molecule has 0 aromatic rings. The van der Waals surface area contributed by atoms with E-state index in [1.54, 1.807) is 6.07 Å². The lowest BCUT2D eigenvalue weighted by Crippen LogP contribution is -2.27. The number of rotatable bonds is 7. The van der Waals surface area contributed by atoms with Crippen LogP contribution in [0.1, 0.15) is 13.3 Å². The first-order chi connectivity index (χ1) is 9.29. The van der Waals surface area contributed by atoms with Crippen LogP contribution in [0.25, 0.3) is 0 Å². The van der Waals surface area contributed by atoms with E-state index in [4.69, 9.17) is 15.5 Å². The van der Waals surface area contributed by atoms with Crippen molar-refractivity contribution in [3.63, 3.8) is 0 Å². The molecule has 0 aliphatic carbocycles. The van der Waals surface area contributed by atoms with Gasteiger partial charge in [-0.1, -0.05) is 20.1 Å². The number of carboxylic acids is 1. The molecule has 0 aromatic carbocycles. The van der Waals surface area contributed by atoms with Gasteiger partial charge in [0.2, 0.25) is 0 Å². The van der Waals surface area contributed by atoms with Crippen molar-refractivity contribution in [2.75, 3.05) is 6.61 Å². The Morgan fingerprint density at radius 2 is 1.90 bits per heavy atom. The minimum atomic E-state index is -1.44. The first-order valence-electron chi connectivity index (χ1n) is 5.53. The lowest BCUT2D eigenvalue weighted by atomic mass is 10.1. The Labute approximate surface area is 116 Å². The molecule has 7 heteroatoms. The maximum absolute atomic E-state index is 11.0. The molecule has 0 saturated carbocycles. The van der Waals surface area contributed by atoms with E-state index in [1.165, 1.54) is 13.0 Å². The van der Waals surface area contributed by atoms with E-state index in [0.717, 1.165) is 6.08 Å². The molecule has 2 N–H and O–H groups in total. The Balaban J connectivity index is 0. The molecule has 2 atom stereocenters. The highest BCUT2D eigenvalue weighted by molar-refractivity contribution is 5.93. The Morgan fingerprint density at radius 3 is 2.25 bits per heavy atom. The van der Waals surface area contributed by atoms with E-state index in [9.17, 15) is 14.4 Å². The van der Waals surface area contributed by atoms with E-state index in [1.807, 2.05) is 0 Å². The average molecular weight is 283 g/mol. The van der Waals surface area contributed by atoms with Crippen molar-refractivity contribution in [1.29, 1.82) is 5.26 Å². The normalized spacial score (nSPS) is 11.7. The van der Waals surface area contributed by atoms with Crippen LogP contribution in [-0.4, -0.2) is 40.6 Å². The third-order valence-electron chi connectivity index (χ3n) is 1.92. The maximum Gasteiger partial charge on any atom is 0.306 e. The zero-order valence-corrected chi connectivity index (χ0v) is 11.1. The summed E-state index contributed by atoms with van der Waals surface area (Å²) in [7, 11) is 0. The lowest BCUT2D eigenvalue weighted by molar-refractivity contribution is -0.153. The van der Waals surface area contributed by atoms with Gasteiger partial charge in [-0.3, -0.25) is 14.4 Å². The van der Waals surface area contributed by atoms with Gasteiger partial charge >= 0.3 is 11.9 Å². The quantitative estimate of drug-likeness (QED) is 0.395. The molecular formula is C13H17NO6. The molecule has 0 amide bonds. The van der Waals surface area contributed by atoms with Gasteiger partial charge in [0.1, 0.15) is 6.61 Å². The first-order valence-corrected chi connectivity index (χ1v) is 5.53. The van der Waals surface area contributed by atoms with Gasteiger partial charge in [-0.25, -0.2) is 0 Å². The van der Waals surface area contributed by atoms with E-state index < -0.39 is 36.4 Å². The molecule has 110 valence electrons. The number of hydrogen-bond acceptors (Lipinski definition) is 6. The van der Waals surface area contributed by atoms with Crippen LogP contribution in [0.4, 0.5) is 0 Å². The van der Waals surface area contributed by atoms with Crippen molar-refractivity contribution in [1.82, 2.24) is 0 Å². The number of hydrogen-bond donors (Lipinski definition) is 2. The maximum atomic E-state index is 11.0. The minimum absolute atomic E-state index is 0.301. The number of carbonyl (C=O) groups excluding carboxylic acids is 2. The molecule has 0 aliphatic rings. The molecule has 0 rings (SSSR count). The summed E-state index contributed by atoms with van der Waals surface area (Å²) in [5.74, 6) is -3.40. The summed E-state index contributed by atoms with van der Waals surface area (Å²) in [6, 6.07) is 1.69. The second-order valence-corrected chi connectivity index (χ2v) is 3.58. The molecule has 0 aromatic heterocycles. The molecule has 2 unspecified atom stereocenters. The van der Waals surface area contributed by atoms with Gasteiger partial charge in [-0.2, -0.15) is 5.26 Å². The fourth-order valence-corrected chi connectivity index (χ4v) is 0.786. The minimum Gasteiger partial charge on any atom is -0.481 e. The van der Waals surface area contributed by atoms with Crippen LogP contribution in [0.2, 0.25) is 0 Å². The van der Waals surface area contributed by atoms with Crippen molar-refractivity contribution >= 4 is 17.7 Å². The van der Waals surface area contributed by atoms with E-state index >= 15 is 0 Å². The predicted octanol–water partition coefficient (Wildman–Crippen LogP) is 0.452. The topological polar surface area (TPSA) is 125 Å². The van der Waals surface area contributed by atoms with Gasteiger partial charge in [0.25, 0.3) is 0 Å². The van der Waals surface area contributed by atoms with Gasteiger partial charge in [0.15, 0.2) is 11.9 Å². The highest BCUT2D eigenvalue weighted by atomic mass is 16.5. The molecule has 7 nitrogen and oxygen atoms in total. The summed E-state index contributed by atoms with van der Waals surface area (Å²) in [6.07, 6.45) is 0.351. The number of nitriles is 1. The van der Waals surface area contributed by atoms with Crippen LogP contribution in [-0.2, 0) is 19.1 Å². The number of aliphatic hydroxyl groups excluding tert-OH is 1. The molecule has 0 saturated heterocycles. The number of carboxylic acid groups (broad SMARTS) is 1. The third kappa shape index (κ3) is 10.7. The summed E-state index contributed by atoms with van der Waals surface area (Å²) in [6.45, 7) is 7.14. The Morgan fingerprint density at radius 1 is 1.40 bits per heavy atom. The first kappa shape index (κ1) is 19.9. The highest BCUT2D eigenvalue weighted by Gasteiger charge is 2.19. The Hall–Kier alpha value is -2.46. The monoisotopic (exact) mass is 283 g/mol. The van der Waals surface area contributed by atoms with Gasteiger partial charge < -0.3 is 14.9 Å². The summed E-state index contributed by atoms with van der Waals surface area (Å²) < 4.78 is 4.53. The van der Waals surface area contributed by atoms with Gasteiger partial charge in [-0.05, 0) is 6.08 Å². The van der Waals surface area contributed by atoms with Crippen LogP contribution >= 0.6 is 0 Å². The number of allylic oxidation sites excluding steroid dienone is 1. The summed E-state index contributed by atoms with van der Waals surface area (Å²) >= 11 is 0. The van der Waals surface area contributed by atoms with Crippen LogP contribution < -0.4 is 0 Å². The number of aliphatic hydroxyl groups is 1. The number of nitrogens with zero attached hydrogens (tertiary/aromatic N) is 1. The van der Waals surface area contributed by atoms with Crippen molar-refractivity contribution < 1.29 is 29.3 Å². The summed E-state index contributed by atoms with van der Waals surface area (Å²) in [4.78, 5) is 32.2. The Kier molecular flexibility index (Phi) is 11.5. The standard InChI is InChI=1S/C10H14O6.C3H3N/c1-3-7(11)8(12)5-16-9(13)4-6(2)10(14)15;1-2-3-4/h3,6,8,12H,1,4-5H2,2H3,(H,14,15);2H,1H2. The summed E-state index contributed by atoms with van der Waals surface area (Å²) in [5, 5.41) is 25.1. The third-order valence-corrected chi connectivity index (χ3v) is 1.92. The lowest BCUT2D eigenvalue weighted by Gasteiger charge is -2.09. The number of carbonyl (C=O) groups is 3. The molecule has 0 spiro atoms. The molecule has 0 heterocycles. The molecule has 0 radical (unpaired) electrons. The van der Waals surface area contributed by atoms with E-state index in [-0.39, 0.29) is 6.42 Å². The largest absolute Gasteiger partial charge is 0.481 e. The zero-order chi connectivity index (χ0) is 16.1. The molecule has 0 fully saturated rings. The van der Waals surface area contributed by atoms with E-state index in [0.29, 0.717) is 0 Å². The Bertz CT molecular complexity index is 410. The number of ether oxygens (including phenoxy) is 1. The average Bonchev–Trinajstić information content (AvgIpc) is 2.43. The zero-order valence-electron chi connectivity index (χ0n) is 11.1. The predicted molar refractivity (Wildman–Crippen MR) is 69.4 cm³/mol. The number of aliphatic carboxylic acids is 1. The molecule has 20 heavy (non-hydrogen) atoms. The van der Waals surface area contributed by atoms with Crippen molar-refractivity contribution in [2.24, 2.45) is 5.92 Å². The van der Waals surface area contributed by atoms with Crippen LogP contribution in [0, 0.1) is 17.2 Å².